The van der Waals surface area contributed by atoms with E-state index in [0.717, 1.165) is 0 Å². The molecule has 0 radical (unpaired) electrons. The minimum absolute atomic E-state index is 2.18. The highest BCUT2D eigenvalue weighted by atomic mass is 32.3. The lowest BCUT2D eigenvalue weighted by Crippen LogP contribution is -2.46. The maximum absolute atomic E-state index is 12.2. The van der Waals surface area contributed by atoms with Crippen LogP contribution in [0.5, 0.6) is 0 Å². The summed E-state index contributed by atoms with van der Waals surface area (Å²) in [5, 5.41) is 1.09. The van der Waals surface area contributed by atoms with E-state index < -0.39 is 33.6 Å². The van der Waals surface area contributed by atoms with Gasteiger partial charge in [-0.15, -0.1) is 0 Å². The van der Waals surface area contributed by atoms with Crippen LogP contribution in [0, 0.1) is 0 Å². The fourth-order valence-electron chi connectivity index (χ4n) is 0.356. The van der Waals surface area contributed by atoms with Crippen molar-refractivity contribution in [2.45, 2.75) is 11.4 Å². The molecule has 0 aliphatic rings. The molecule has 96 valence electrons. The zero-order chi connectivity index (χ0) is 13.4. The third-order valence-corrected chi connectivity index (χ3v) is 1.88. The maximum Gasteiger partial charge on any atom is 0.485 e. The number of hydrogen-bond donors (Lipinski definition) is 1. The summed E-state index contributed by atoms with van der Waals surface area (Å²) in [6.45, 7) is 0. The van der Waals surface area contributed by atoms with Crippen LogP contribution in [0.2, 0.25) is 0 Å². The summed E-state index contributed by atoms with van der Waals surface area (Å²) in [4.78, 5) is 0. The first kappa shape index (κ1) is 14.8. The lowest BCUT2D eigenvalue weighted by molar-refractivity contribution is -0.310. The van der Waals surface area contributed by atoms with Crippen molar-refractivity contribution in [2.75, 3.05) is 0 Å². The molecular weight excluding hydrogens is 277 g/mol. The summed E-state index contributed by atoms with van der Waals surface area (Å²) < 4.78 is 105. The number of hydrogen-bond acceptors (Lipinski definition) is 4. The van der Waals surface area contributed by atoms with Crippen molar-refractivity contribution in [1.82, 2.24) is 0 Å². The number of rotatable bonds is 4. The van der Waals surface area contributed by atoms with Gasteiger partial charge in [0.2, 0.25) is 0 Å². The summed E-state index contributed by atoms with van der Waals surface area (Å²) in [6, 6.07) is -6.28. The van der Waals surface area contributed by atoms with E-state index in [0.29, 0.717) is 0 Å². The number of alkyl halides is 4. The van der Waals surface area contributed by atoms with Crippen LogP contribution in [0.4, 0.5) is 30.2 Å². The van der Waals surface area contributed by atoms with Crippen molar-refractivity contribution in [3.05, 3.63) is 12.0 Å². The Labute approximate surface area is 83.1 Å². The molecule has 0 fully saturated rings. The minimum Gasteiger partial charge on any atom is -0.482 e. The van der Waals surface area contributed by atoms with Crippen molar-refractivity contribution in [2.24, 2.45) is 0 Å². The Hall–Kier alpha value is -1.20. The molecule has 0 aliphatic carbocycles. The number of aliphatic hydroxyl groups is 1. The predicted octanol–water partition coefficient (Wildman–Crippen LogP) is 2.11. The molecular formula is C4HF7O4S. The molecule has 0 saturated carbocycles. The molecule has 0 aliphatic heterocycles. The largest absolute Gasteiger partial charge is 0.485 e. The molecule has 16 heavy (non-hydrogen) atoms. The van der Waals surface area contributed by atoms with Gasteiger partial charge in [0.05, 0.1) is 0 Å². The zero-order valence-corrected chi connectivity index (χ0v) is 7.54. The van der Waals surface area contributed by atoms with Crippen LogP contribution in [0.3, 0.4) is 0 Å². The van der Waals surface area contributed by atoms with Crippen LogP contribution in [0.25, 0.3) is 0 Å². The van der Waals surface area contributed by atoms with Gasteiger partial charge in [-0.2, -0.15) is 34.8 Å². The molecule has 0 aromatic rings. The van der Waals surface area contributed by atoms with Crippen LogP contribution < -0.4 is 0 Å². The van der Waals surface area contributed by atoms with Gasteiger partial charge in [0.25, 0.3) is 0 Å². The van der Waals surface area contributed by atoms with Crippen molar-refractivity contribution in [3.63, 3.8) is 0 Å². The van der Waals surface area contributed by atoms with Crippen LogP contribution in [-0.4, -0.2) is 24.9 Å². The molecule has 0 rings (SSSR count). The fourth-order valence-corrected chi connectivity index (χ4v) is 0.681. The third kappa shape index (κ3) is 2.68. The third-order valence-electron chi connectivity index (χ3n) is 1.03. The maximum atomic E-state index is 12.2. The van der Waals surface area contributed by atoms with Gasteiger partial charge >= 0.3 is 33.6 Å². The molecule has 0 saturated heterocycles. The van der Waals surface area contributed by atoms with Crippen LogP contribution >= 0.6 is 0 Å². The van der Waals surface area contributed by atoms with Crippen molar-refractivity contribution < 1.29 is 48.5 Å². The summed E-state index contributed by atoms with van der Waals surface area (Å²) in [5.41, 5.74) is 0. The average Bonchev–Trinajstić information content (AvgIpc) is 2.00. The van der Waals surface area contributed by atoms with Crippen molar-refractivity contribution in [1.29, 1.82) is 0 Å². The quantitative estimate of drug-likeness (QED) is 0.486. The second-order valence-corrected chi connectivity index (χ2v) is 3.53. The summed E-state index contributed by atoms with van der Waals surface area (Å²) >= 11 is 0. The summed E-state index contributed by atoms with van der Waals surface area (Å²) in [5.74, 6) is 0. The van der Waals surface area contributed by atoms with Crippen LogP contribution in [-0.2, 0) is 15.0 Å². The lowest BCUT2D eigenvalue weighted by atomic mass is 10.6. The monoisotopic (exact) mass is 278 g/mol. The first-order valence-electron chi connectivity index (χ1n) is 2.96. The van der Waals surface area contributed by atoms with Gasteiger partial charge in [0.15, 0.2) is 0 Å². The second-order valence-electron chi connectivity index (χ2n) is 2.14. The highest BCUT2D eigenvalue weighted by Crippen LogP contribution is 2.42. The molecule has 1 N–H and O–H groups in total. The highest BCUT2D eigenvalue weighted by Gasteiger charge is 2.70. The number of halogens is 7. The molecule has 0 bridgehead atoms. The molecule has 0 heterocycles. The Morgan fingerprint density at radius 3 is 1.75 bits per heavy atom. The Morgan fingerprint density at radius 1 is 1.12 bits per heavy atom. The minimum atomic E-state index is -7.13. The zero-order valence-electron chi connectivity index (χ0n) is 6.73. The summed E-state index contributed by atoms with van der Waals surface area (Å²) in [6.07, 6.45) is -6.25. The molecule has 0 aromatic carbocycles. The van der Waals surface area contributed by atoms with Gasteiger partial charge < -0.3 is 9.84 Å². The number of aliphatic hydroxyl groups excluding tert-OH is 1. The van der Waals surface area contributed by atoms with Crippen LogP contribution in [0.1, 0.15) is 0 Å². The van der Waals surface area contributed by atoms with E-state index in [1.165, 1.54) is 0 Å². The first-order chi connectivity index (χ1) is 6.83. The SMILES string of the molecule is O=S(=O)(F)C(F)(F)C(F)(F)OC(F)=C(O)F. The van der Waals surface area contributed by atoms with Gasteiger partial charge in [-0.3, -0.25) is 0 Å². The van der Waals surface area contributed by atoms with E-state index in [-0.39, 0.29) is 0 Å². The van der Waals surface area contributed by atoms with E-state index in [9.17, 15) is 38.6 Å². The van der Waals surface area contributed by atoms with Gasteiger partial charge in [-0.05, 0) is 0 Å². The van der Waals surface area contributed by atoms with E-state index in [1.807, 2.05) is 0 Å². The first-order valence-corrected chi connectivity index (χ1v) is 4.34. The molecule has 4 nitrogen and oxygen atoms in total. The molecule has 0 aromatic heterocycles. The van der Waals surface area contributed by atoms with E-state index in [4.69, 9.17) is 5.11 Å². The standard InChI is InChI=1S/C4HF7O4S/c5-1(12)2(6)15-3(7,8)4(9,10)16(11,13)14/h12H. The Morgan fingerprint density at radius 2 is 1.50 bits per heavy atom. The predicted molar refractivity (Wildman–Crippen MR) is 32.9 cm³/mol. The van der Waals surface area contributed by atoms with Gasteiger partial charge in [0.1, 0.15) is 0 Å². The van der Waals surface area contributed by atoms with Crippen molar-refractivity contribution >= 4 is 10.2 Å². The van der Waals surface area contributed by atoms with E-state index >= 15 is 0 Å². The second kappa shape index (κ2) is 3.99. The highest BCUT2D eigenvalue weighted by molar-refractivity contribution is 7.87. The van der Waals surface area contributed by atoms with Crippen LogP contribution in [0.15, 0.2) is 12.0 Å². The smallest absolute Gasteiger partial charge is 0.482 e. The molecule has 0 unspecified atom stereocenters. The van der Waals surface area contributed by atoms with Crippen molar-refractivity contribution in [3.8, 4) is 0 Å². The van der Waals surface area contributed by atoms with Gasteiger partial charge in [0, 0.05) is 0 Å². The molecule has 12 heteroatoms. The Balaban J connectivity index is 5.32. The topological polar surface area (TPSA) is 63.6 Å². The van der Waals surface area contributed by atoms with E-state index in [2.05, 4.69) is 4.74 Å². The molecule has 0 spiro atoms. The summed E-state index contributed by atoms with van der Waals surface area (Å²) in [7, 11) is -7.13. The Kier molecular flexibility index (Phi) is 3.69. The normalized spacial score (nSPS) is 15.7. The van der Waals surface area contributed by atoms with Gasteiger partial charge in [-0.1, -0.05) is 3.89 Å². The average molecular weight is 278 g/mol. The van der Waals surface area contributed by atoms with E-state index in [1.54, 1.807) is 0 Å². The Bertz CT molecular complexity index is 395. The number of ether oxygens (including phenoxy) is 1. The lowest BCUT2D eigenvalue weighted by Gasteiger charge is -2.21. The molecule has 0 atom stereocenters. The molecule has 0 amide bonds. The fraction of sp³-hybridized carbons (Fsp3) is 0.500. The van der Waals surface area contributed by atoms with Gasteiger partial charge in [-0.25, -0.2) is 0 Å².